The first kappa shape index (κ1) is 20.2. The fraction of sp³-hybridized carbons (Fsp3) is 0.333. The smallest absolute Gasteiger partial charge is 0.169 e. The Balaban J connectivity index is 1.90. The van der Waals surface area contributed by atoms with Crippen molar-refractivity contribution in [1.82, 2.24) is 4.98 Å². The van der Waals surface area contributed by atoms with Crippen molar-refractivity contribution in [1.29, 1.82) is 0 Å². The third-order valence-electron chi connectivity index (χ3n) is 5.05. The van der Waals surface area contributed by atoms with E-state index in [1.54, 1.807) is 25.4 Å². The van der Waals surface area contributed by atoms with Gasteiger partial charge in [0.2, 0.25) is 0 Å². The number of nitrogens with zero attached hydrogens (tertiary/aromatic N) is 1. The number of ether oxygens (including phenoxy) is 1. The van der Waals surface area contributed by atoms with Gasteiger partial charge < -0.3 is 4.74 Å². The Morgan fingerprint density at radius 1 is 1.11 bits per heavy atom. The molecule has 146 valence electrons. The molecule has 4 heteroatoms. The number of pyridine rings is 1. The minimum Gasteiger partial charge on any atom is -0.370 e. The van der Waals surface area contributed by atoms with Gasteiger partial charge in [0.1, 0.15) is 16.9 Å². The summed E-state index contributed by atoms with van der Waals surface area (Å²) in [5.41, 5.74) is 1.26. The van der Waals surface area contributed by atoms with Gasteiger partial charge in [-0.15, -0.1) is 0 Å². The van der Waals surface area contributed by atoms with Gasteiger partial charge in [0.05, 0.1) is 0 Å². The second-order valence-corrected chi connectivity index (χ2v) is 7.71. The summed E-state index contributed by atoms with van der Waals surface area (Å²) >= 11 is 0. The topological polar surface area (TPSA) is 39.2 Å². The number of methoxy groups -OCH3 is 1. The van der Waals surface area contributed by atoms with Gasteiger partial charge in [-0.25, -0.2) is 4.39 Å². The number of para-hydroxylation sites is 1. The van der Waals surface area contributed by atoms with E-state index in [0.29, 0.717) is 29.7 Å². The van der Waals surface area contributed by atoms with Crippen LogP contribution in [0.4, 0.5) is 4.39 Å². The van der Waals surface area contributed by atoms with E-state index in [-0.39, 0.29) is 18.0 Å². The Labute approximate surface area is 165 Å². The van der Waals surface area contributed by atoms with Crippen LogP contribution in [-0.2, 0) is 22.4 Å². The zero-order chi connectivity index (χ0) is 20.1. The Bertz CT molecular complexity index is 955. The lowest BCUT2D eigenvalue weighted by molar-refractivity contribution is -0.142. The molecule has 1 heterocycles. The molecule has 3 rings (SSSR count). The monoisotopic (exact) mass is 379 g/mol. The zero-order valence-corrected chi connectivity index (χ0v) is 16.6. The Kier molecular flexibility index (Phi) is 6.20. The van der Waals surface area contributed by atoms with Crippen molar-refractivity contribution < 1.29 is 13.9 Å². The van der Waals surface area contributed by atoms with Crippen LogP contribution in [0.3, 0.4) is 0 Å². The van der Waals surface area contributed by atoms with E-state index in [4.69, 9.17) is 4.74 Å². The number of ketones is 1. The number of hydrogen-bond donors (Lipinski definition) is 0. The number of rotatable bonds is 8. The average Bonchev–Trinajstić information content (AvgIpc) is 2.68. The van der Waals surface area contributed by atoms with E-state index in [0.717, 1.165) is 11.1 Å². The van der Waals surface area contributed by atoms with Crippen LogP contribution < -0.4 is 0 Å². The first-order valence-electron chi connectivity index (χ1n) is 9.59. The van der Waals surface area contributed by atoms with E-state index in [9.17, 15) is 9.18 Å². The molecule has 1 atom stereocenters. The molecule has 0 aliphatic rings. The molecule has 0 N–H and O–H groups in total. The molecule has 1 unspecified atom stereocenters. The first-order chi connectivity index (χ1) is 13.4. The maximum atomic E-state index is 13.9. The number of carbonyl (C=O) groups is 1. The summed E-state index contributed by atoms with van der Waals surface area (Å²) in [6.45, 7) is 4.18. The van der Waals surface area contributed by atoms with Gasteiger partial charge in [-0.2, -0.15) is 0 Å². The van der Waals surface area contributed by atoms with Crippen molar-refractivity contribution >= 4 is 16.7 Å². The third kappa shape index (κ3) is 4.45. The fourth-order valence-corrected chi connectivity index (χ4v) is 3.75. The Hall–Kier alpha value is -2.59. The molecule has 0 radical (unpaired) electrons. The number of fused-ring (bicyclic) bond motifs is 1. The van der Waals surface area contributed by atoms with Crippen molar-refractivity contribution in [3.63, 3.8) is 0 Å². The number of hydrogen-bond acceptors (Lipinski definition) is 3. The highest BCUT2D eigenvalue weighted by atomic mass is 19.1. The lowest BCUT2D eigenvalue weighted by atomic mass is 9.81. The molecule has 0 saturated carbocycles. The molecular weight excluding hydrogens is 353 g/mol. The summed E-state index contributed by atoms with van der Waals surface area (Å²) in [4.78, 5) is 17.6. The van der Waals surface area contributed by atoms with Gasteiger partial charge in [-0.05, 0) is 35.6 Å². The van der Waals surface area contributed by atoms with Crippen LogP contribution in [0, 0.1) is 11.7 Å². The summed E-state index contributed by atoms with van der Waals surface area (Å²) < 4.78 is 19.7. The predicted octanol–water partition coefficient (Wildman–Crippen LogP) is 5.16. The van der Waals surface area contributed by atoms with E-state index in [1.165, 1.54) is 6.07 Å². The molecule has 0 fully saturated rings. The molecule has 1 aromatic heterocycles. The summed E-state index contributed by atoms with van der Waals surface area (Å²) in [5, 5.41) is 0.695. The number of benzene rings is 2. The maximum Gasteiger partial charge on any atom is 0.169 e. The van der Waals surface area contributed by atoms with Gasteiger partial charge in [0.15, 0.2) is 5.78 Å². The van der Waals surface area contributed by atoms with Crippen LogP contribution in [0.2, 0.25) is 0 Å². The minimum absolute atomic E-state index is 0.0186. The van der Waals surface area contributed by atoms with Crippen molar-refractivity contribution in [3.8, 4) is 0 Å². The van der Waals surface area contributed by atoms with Crippen LogP contribution in [0.15, 0.2) is 60.8 Å². The predicted molar refractivity (Wildman–Crippen MR) is 110 cm³/mol. The van der Waals surface area contributed by atoms with E-state index in [2.05, 4.69) is 18.8 Å². The fourth-order valence-electron chi connectivity index (χ4n) is 3.75. The standard InChI is InChI=1S/C24H26FNO2/c1-17(2)14-24(28-3,15-18-8-5-4-6-9-18)22(27)13-19-12-20-10-7-11-21(25)23(20)26-16-19/h4-12,16-17H,13-15H2,1-3H3. The lowest BCUT2D eigenvalue weighted by Gasteiger charge is -2.33. The second kappa shape index (κ2) is 8.61. The number of halogens is 1. The molecular formula is C24H26FNO2. The van der Waals surface area contributed by atoms with Crippen molar-refractivity contribution in [3.05, 3.63) is 77.7 Å². The molecule has 3 nitrogen and oxygen atoms in total. The highest BCUT2D eigenvalue weighted by molar-refractivity contribution is 5.90. The van der Waals surface area contributed by atoms with Crippen LogP contribution in [0.25, 0.3) is 10.9 Å². The Morgan fingerprint density at radius 3 is 2.54 bits per heavy atom. The van der Waals surface area contributed by atoms with E-state index in [1.807, 2.05) is 36.4 Å². The van der Waals surface area contributed by atoms with Gasteiger partial charge >= 0.3 is 0 Å². The SMILES string of the molecule is COC(Cc1ccccc1)(CC(C)C)C(=O)Cc1cnc2c(F)cccc2c1. The minimum atomic E-state index is -0.896. The van der Waals surface area contributed by atoms with Crippen LogP contribution in [-0.4, -0.2) is 23.5 Å². The molecule has 0 saturated heterocycles. The highest BCUT2D eigenvalue weighted by Crippen LogP contribution is 2.29. The van der Waals surface area contributed by atoms with Crippen LogP contribution in [0.5, 0.6) is 0 Å². The van der Waals surface area contributed by atoms with Gasteiger partial charge in [-0.1, -0.05) is 56.3 Å². The van der Waals surface area contributed by atoms with Crippen LogP contribution >= 0.6 is 0 Å². The molecule has 28 heavy (non-hydrogen) atoms. The molecule has 0 spiro atoms. The van der Waals surface area contributed by atoms with Crippen molar-refractivity contribution in [2.45, 2.75) is 38.7 Å². The van der Waals surface area contributed by atoms with Crippen molar-refractivity contribution in [2.24, 2.45) is 5.92 Å². The summed E-state index contributed by atoms with van der Waals surface area (Å²) in [6.07, 6.45) is 2.94. The summed E-state index contributed by atoms with van der Waals surface area (Å²) in [5.74, 6) is -0.0351. The normalized spacial score (nSPS) is 13.6. The average molecular weight is 379 g/mol. The molecule has 0 amide bonds. The quantitative estimate of drug-likeness (QED) is 0.543. The lowest BCUT2D eigenvalue weighted by Crippen LogP contribution is -2.45. The van der Waals surface area contributed by atoms with Gasteiger partial charge in [-0.3, -0.25) is 9.78 Å². The third-order valence-corrected chi connectivity index (χ3v) is 5.05. The maximum absolute atomic E-state index is 13.9. The number of Topliss-reactive ketones (excluding diaryl/α,β-unsaturated/α-hetero) is 1. The first-order valence-corrected chi connectivity index (χ1v) is 9.59. The van der Waals surface area contributed by atoms with E-state index < -0.39 is 5.60 Å². The summed E-state index contributed by atoms with van der Waals surface area (Å²) in [7, 11) is 1.61. The number of aromatic nitrogens is 1. The van der Waals surface area contributed by atoms with E-state index >= 15 is 0 Å². The largest absolute Gasteiger partial charge is 0.370 e. The number of carbonyl (C=O) groups excluding carboxylic acids is 1. The molecule has 3 aromatic rings. The second-order valence-electron chi connectivity index (χ2n) is 7.71. The van der Waals surface area contributed by atoms with Crippen LogP contribution in [0.1, 0.15) is 31.4 Å². The highest BCUT2D eigenvalue weighted by Gasteiger charge is 2.38. The zero-order valence-electron chi connectivity index (χ0n) is 16.6. The molecule has 0 aliphatic carbocycles. The van der Waals surface area contributed by atoms with Gasteiger partial charge in [0, 0.05) is 31.5 Å². The summed E-state index contributed by atoms with van der Waals surface area (Å²) in [6, 6.07) is 16.6. The molecule has 2 aromatic carbocycles. The molecule has 0 aliphatic heterocycles. The molecule has 0 bridgehead atoms. The van der Waals surface area contributed by atoms with Crippen molar-refractivity contribution in [2.75, 3.05) is 7.11 Å². The Morgan fingerprint density at radius 2 is 1.86 bits per heavy atom. The van der Waals surface area contributed by atoms with Gasteiger partial charge in [0.25, 0.3) is 0 Å².